The molecule has 0 heterocycles. The Bertz CT molecular complexity index is 186. The lowest BCUT2D eigenvalue weighted by Gasteiger charge is -1.96. The molecule has 0 aliphatic rings. The van der Waals surface area contributed by atoms with Gasteiger partial charge in [0.1, 0.15) is 6.10 Å². The van der Waals surface area contributed by atoms with Gasteiger partial charge in [-0.05, 0) is 0 Å². The van der Waals surface area contributed by atoms with Gasteiger partial charge in [-0.25, -0.2) is 9.59 Å². The first-order valence-corrected chi connectivity index (χ1v) is 4.60. The average molecular weight is 274 g/mol. The first-order valence-electron chi connectivity index (χ1n) is 4.60. The standard InChI is InChI=1S/C4H8O4.C3H8O3.CH2O3/c5-2-1-3-8-4(6)7;4-1-3(6)2-5;2-1(3)4/h5H,1-3H2,(H,6,7);3-6H,1-2H2;(H2,2,3,4). The topological polar surface area (TPSA) is 185 Å². The summed E-state index contributed by atoms with van der Waals surface area (Å²) in [5, 5.41) is 53.9. The second-order valence-electron chi connectivity index (χ2n) is 2.49. The number of hydrogen-bond acceptors (Lipinski definition) is 7. The molecular weight excluding hydrogens is 256 g/mol. The Morgan fingerprint density at radius 2 is 1.39 bits per heavy atom. The fourth-order valence-corrected chi connectivity index (χ4v) is 0.282. The van der Waals surface area contributed by atoms with Crippen LogP contribution in [0.5, 0.6) is 0 Å². The summed E-state index contributed by atoms with van der Waals surface area (Å²) in [6.45, 7) is -0.688. The van der Waals surface area contributed by atoms with Gasteiger partial charge in [-0.1, -0.05) is 0 Å². The van der Waals surface area contributed by atoms with Gasteiger partial charge in [0.25, 0.3) is 0 Å². The Balaban J connectivity index is -0.000000200. The monoisotopic (exact) mass is 274 g/mol. The smallest absolute Gasteiger partial charge is 0.450 e. The van der Waals surface area contributed by atoms with Gasteiger partial charge >= 0.3 is 12.3 Å². The number of ether oxygens (including phenoxy) is 1. The van der Waals surface area contributed by atoms with Crippen molar-refractivity contribution in [3.8, 4) is 0 Å². The molecule has 110 valence electrons. The molecule has 0 bridgehead atoms. The highest BCUT2D eigenvalue weighted by Crippen LogP contribution is 1.79. The van der Waals surface area contributed by atoms with E-state index in [0.29, 0.717) is 6.42 Å². The molecule has 0 aromatic heterocycles. The van der Waals surface area contributed by atoms with E-state index in [0.717, 1.165) is 0 Å². The van der Waals surface area contributed by atoms with E-state index in [9.17, 15) is 4.79 Å². The van der Waals surface area contributed by atoms with Crippen molar-refractivity contribution in [3.63, 3.8) is 0 Å². The molecule has 0 radical (unpaired) electrons. The maximum Gasteiger partial charge on any atom is 0.505 e. The molecule has 0 aliphatic heterocycles. The lowest BCUT2D eigenvalue weighted by atomic mass is 10.4. The number of carbonyl (C=O) groups is 2. The molecule has 0 fully saturated rings. The summed E-state index contributed by atoms with van der Waals surface area (Å²) in [4.78, 5) is 18.1. The average Bonchev–Trinajstić information content (AvgIpc) is 2.28. The van der Waals surface area contributed by atoms with Crippen molar-refractivity contribution in [1.82, 2.24) is 0 Å². The van der Waals surface area contributed by atoms with Crippen molar-refractivity contribution < 1.29 is 50.1 Å². The maximum atomic E-state index is 9.57. The van der Waals surface area contributed by atoms with Crippen LogP contribution in [0.1, 0.15) is 6.42 Å². The van der Waals surface area contributed by atoms with Gasteiger partial charge in [0.05, 0.1) is 19.8 Å². The Hall–Kier alpha value is -1.62. The van der Waals surface area contributed by atoms with Crippen LogP contribution < -0.4 is 0 Å². The van der Waals surface area contributed by atoms with Crippen molar-refractivity contribution in [1.29, 1.82) is 0 Å². The first kappa shape index (κ1) is 21.6. The fraction of sp³-hybridized carbons (Fsp3) is 0.750. The molecular formula is C8H18O10. The highest BCUT2D eigenvalue weighted by Gasteiger charge is 1.93. The van der Waals surface area contributed by atoms with Gasteiger partial charge < -0.3 is 40.5 Å². The molecule has 0 aliphatic carbocycles. The zero-order chi connectivity index (χ0) is 15.0. The third-order valence-electron chi connectivity index (χ3n) is 0.949. The number of aliphatic hydroxyl groups is 4. The van der Waals surface area contributed by atoms with Crippen LogP contribution in [0.4, 0.5) is 9.59 Å². The molecule has 18 heavy (non-hydrogen) atoms. The molecule has 0 amide bonds. The SMILES string of the molecule is O=C(O)O.O=C(O)OCCCO.OCC(O)CO. The van der Waals surface area contributed by atoms with Gasteiger partial charge in [-0.2, -0.15) is 0 Å². The summed E-state index contributed by atoms with van der Waals surface area (Å²) in [6, 6.07) is 0. The molecule has 0 unspecified atom stereocenters. The number of hydrogen-bond donors (Lipinski definition) is 7. The quantitative estimate of drug-likeness (QED) is 0.232. The Labute approximate surface area is 102 Å². The Morgan fingerprint density at radius 1 is 1.00 bits per heavy atom. The van der Waals surface area contributed by atoms with Crippen LogP contribution in [-0.2, 0) is 4.74 Å². The molecule has 0 atom stereocenters. The van der Waals surface area contributed by atoms with E-state index < -0.39 is 18.4 Å². The van der Waals surface area contributed by atoms with Crippen LogP contribution >= 0.6 is 0 Å². The second kappa shape index (κ2) is 17.8. The summed E-state index contributed by atoms with van der Waals surface area (Å²) >= 11 is 0. The Kier molecular flexibility index (Phi) is 21.4. The van der Waals surface area contributed by atoms with Crippen molar-refractivity contribution in [2.75, 3.05) is 26.4 Å². The molecule has 10 heteroatoms. The van der Waals surface area contributed by atoms with Gasteiger partial charge in [0.2, 0.25) is 0 Å². The molecule has 0 saturated carbocycles. The molecule has 0 aromatic rings. The predicted octanol–water partition coefficient (Wildman–Crippen LogP) is -1.38. The highest BCUT2D eigenvalue weighted by atomic mass is 16.7. The van der Waals surface area contributed by atoms with Crippen molar-refractivity contribution in [3.05, 3.63) is 0 Å². The summed E-state index contributed by atoms with van der Waals surface area (Å²) < 4.78 is 4.04. The van der Waals surface area contributed by atoms with Crippen molar-refractivity contribution in [2.45, 2.75) is 12.5 Å². The highest BCUT2D eigenvalue weighted by molar-refractivity contribution is 5.56. The van der Waals surface area contributed by atoms with Gasteiger partial charge in [-0.3, -0.25) is 0 Å². The third-order valence-corrected chi connectivity index (χ3v) is 0.949. The maximum absolute atomic E-state index is 9.57. The third kappa shape index (κ3) is 47.3. The summed E-state index contributed by atoms with van der Waals surface area (Å²) in [7, 11) is 0. The van der Waals surface area contributed by atoms with Gasteiger partial charge in [0, 0.05) is 13.0 Å². The number of rotatable bonds is 5. The van der Waals surface area contributed by atoms with E-state index in [4.69, 9.17) is 40.5 Å². The number of aliphatic hydroxyl groups excluding tert-OH is 4. The molecule has 0 rings (SSSR count). The Morgan fingerprint density at radius 3 is 1.56 bits per heavy atom. The van der Waals surface area contributed by atoms with E-state index in [-0.39, 0.29) is 26.4 Å². The number of carboxylic acid groups (broad SMARTS) is 3. The fourth-order valence-electron chi connectivity index (χ4n) is 0.282. The summed E-state index contributed by atoms with van der Waals surface area (Å²) in [6.07, 6.45) is -3.71. The zero-order valence-electron chi connectivity index (χ0n) is 9.47. The van der Waals surface area contributed by atoms with Crippen LogP contribution in [0, 0.1) is 0 Å². The zero-order valence-corrected chi connectivity index (χ0v) is 9.47. The van der Waals surface area contributed by atoms with E-state index in [1.807, 2.05) is 0 Å². The molecule has 0 aromatic carbocycles. The predicted molar refractivity (Wildman–Crippen MR) is 56.5 cm³/mol. The van der Waals surface area contributed by atoms with Gasteiger partial charge in [0.15, 0.2) is 0 Å². The van der Waals surface area contributed by atoms with E-state index in [1.54, 1.807) is 0 Å². The largest absolute Gasteiger partial charge is 0.505 e. The van der Waals surface area contributed by atoms with Crippen LogP contribution in [0.15, 0.2) is 0 Å². The molecule has 0 spiro atoms. The van der Waals surface area contributed by atoms with Crippen LogP contribution in [0.3, 0.4) is 0 Å². The lowest BCUT2D eigenvalue weighted by Crippen LogP contribution is -2.15. The van der Waals surface area contributed by atoms with E-state index >= 15 is 0 Å². The van der Waals surface area contributed by atoms with Crippen molar-refractivity contribution >= 4 is 12.3 Å². The molecule has 7 N–H and O–H groups in total. The molecule has 0 saturated heterocycles. The van der Waals surface area contributed by atoms with Gasteiger partial charge in [-0.15, -0.1) is 0 Å². The van der Waals surface area contributed by atoms with Crippen molar-refractivity contribution in [2.24, 2.45) is 0 Å². The summed E-state index contributed by atoms with van der Waals surface area (Å²) in [5.74, 6) is 0. The normalized spacial score (nSPS) is 8.50. The summed E-state index contributed by atoms with van der Waals surface area (Å²) in [5.41, 5.74) is 0. The minimum absolute atomic E-state index is 0.0344. The minimum atomic E-state index is -1.83. The minimum Gasteiger partial charge on any atom is -0.450 e. The van der Waals surface area contributed by atoms with E-state index in [2.05, 4.69) is 4.74 Å². The molecule has 10 nitrogen and oxygen atoms in total. The van der Waals surface area contributed by atoms with Crippen LogP contribution in [0.2, 0.25) is 0 Å². The van der Waals surface area contributed by atoms with E-state index in [1.165, 1.54) is 0 Å². The lowest BCUT2D eigenvalue weighted by molar-refractivity contribution is 0.0450. The van der Waals surface area contributed by atoms with Crippen LogP contribution in [-0.4, -0.2) is 80.6 Å². The first-order chi connectivity index (χ1) is 8.31. The second-order valence-corrected chi connectivity index (χ2v) is 2.49. The van der Waals surface area contributed by atoms with Crippen LogP contribution in [0.25, 0.3) is 0 Å².